The fourth-order valence-electron chi connectivity index (χ4n) is 0.613. The van der Waals surface area contributed by atoms with Crippen LogP contribution in [0.15, 0.2) is 24.4 Å². The van der Waals surface area contributed by atoms with Gasteiger partial charge < -0.3 is 11.1 Å². The SMILES string of the molecule is CC(N)=O.O=C(CCl)Nc1ccccn1.O=S(=O)(O)C(F)(F)F. The number of pyridine rings is 1. The summed E-state index contributed by atoms with van der Waals surface area (Å²) >= 11 is 5.26. The zero-order chi connectivity index (χ0) is 18.7. The van der Waals surface area contributed by atoms with E-state index in [4.69, 9.17) is 24.6 Å². The minimum absolute atomic E-state index is 0.0451. The number of carbonyl (C=O) groups is 2. The van der Waals surface area contributed by atoms with Crippen molar-refractivity contribution in [3.8, 4) is 0 Å². The molecule has 0 atom stereocenters. The molecule has 0 fully saturated rings. The lowest BCUT2D eigenvalue weighted by Crippen LogP contribution is -2.21. The Balaban J connectivity index is 0. The van der Waals surface area contributed by atoms with Crippen LogP contribution in [0.3, 0.4) is 0 Å². The van der Waals surface area contributed by atoms with Crippen molar-refractivity contribution in [2.45, 2.75) is 12.4 Å². The van der Waals surface area contributed by atoms with Crippen LogP contribution in [0.1, 0.15) is 6.92 Å². The maximum atomic E-state index is 10.7. The number of nitrogens with one attached hydrogen (secondary N) is 1. The molecule has 4 N–H and O–H groups in total. The van der Waals surface area contributed by atoms with Crippen LogP contribution in [0.4, 0.5) is 19.0 Å². The van der Waals surface area contributed by atoms with Crippen LogP contribution in [0.25, 0.3) is 0 Å². The zero-order valence-electron chi connectivity index (χ0n) is 11.5. The Hall–Kier alpha value is -1.92. The van der Waals surface area contributed by atoms with E-state index in [1.165, 1.54) is 6.92 Å². The summed E-state index contributed by atoms with van der Waals surface area (Å²) in [4.78, 5) is 23.8. The van der Waals surface area contributed by atoms with Crippen molar-refractivity contribution in [1.82, 2.24) is 4.98 Å². The highest BCUT2D eigenvalue weighted by atomic mass is 35.5. The van der Waals surface area contributed by atoms with E-state index in [0.29, 0.717) is 5.82 Å². The average molecular weight is 380 g/mol. The number of aromatic nitrogens is 1. The molecule has 132 valence electrons. The monoisotopic (exact) mass is 379 g/mol. The number of carbonyl (C=O) groups excluding carboxylic acids is 2. The van der Waals surface area contributed by atoms with Gasteiger partial charge in [0.15, 0.2) is 0 Å². The van der Waals surface area contributed by atoms with Crippen molar-refractivity contribution in [3.05, 3.63) is 24.4 Å². The first-order valence-corrected chi connectivity index (χ1v) is 7.35. The number of amides is 2. The molecule has 1 rings (SSSR count). The molecule has 0 spiro atoms. The molecule has 0 bridgehead atoms. The average Bonchev–Trinajstić information content (AvgIpc) is 2.37. The van der Waals surface area contributed by atoms with Crippen LogP contribution in [-0.4, -0.2) is 41.2 Å². The highest BCUT2D eigenvalue weighted by Crippen LogP contribution is 2.20. The van der Waals surface area contributed by atoms with E-state index < -0.39 is 15.6 Å². The molecule has 0 aliphatic heterocycles. The van der Waals surface area contributed by atoms with Crippen LogP contribution in [0, 0.1) is 0 Å². The van der Waals surface area contributed by atoms with E-state index in [9.17, 15) is 22.8 Å². The van der Waals surface area contributed by atoms with Gasteiger partial charge in [-0.25, -0.2) is 4.98 Å². The first-order valence-electron chi connectivity index (χ1n) is 5.38. The third-order valence-corrected chi connectivity index (χ3v) is 2.17. The van der Waals surface area contributed by atoms with Crippen LogP contribution in [0.5, 0.6) is 0 Å². The number of alkyl halides is 4. The normalized spacial score (nSPS) is 10.3. The number of primary amides is 1. The third-order valence-electron chi connectivity index (χ3n) is 1.35. The van der Waals surface area contributed by atoms with E-state index in [2.05, 4.69) is 16.0 Å². The predicted octanol–water partition coefficient (Wildman–Crippen LogP) is 1.14. The number of halogens is 4. The Morgan fingerprint density at radius 1 is 1.39 bits per heavy atom. The molecule has 1 aromatic heterocycles. The van der Waals surface area contributed by atoms with Crippen molar-refractivity contribution >= 4 is 39.4 Å². The van der Waals surface area contributed by atoms with Gasteiger partial charge in [-0.05, 0) is 12.1 Å². The maximum Gasteiger partial charge on any atom is 0.522 e. The molecule has 8 nitrogen and oxygen atoms in total. The van der Waals surface area contributed by atoms with Gasteiger partial charge >= 0.3 is 15.6 Å². The van der Waals surface area contributed by atoms with Gasteiger partial charge in [0, 0.05) is 13.1 Å². The molecule has 1 heterocycles. The molecule has 2 amide bonds. The van der Waals surface area contributed by atoms with Gasteiger partial charge in [0.2, 0.25) is 11.8 Å². The fraction of sp³-hybridized carbons (Fsp3) is 0.300. The van der Waals surface area contributed by atoms with Crippen molar-refractivity contribution < 1.29 is 35.7 Å². The summed E-state index contributed by atoms with van der Waals surface area (Å²) in [6.07, 6.45) is 1.60. The van der Waals surface area contributed by atoms with Gasteiger partial charge in [-0.15, -0.1) is 11.6 Å². The third kappa shape index (κ3) is 14.8. The molecule has 0 unspecified atom stereocenters. The number of rotatable bonds is 2. The molecule has 0 saturated carbocycles. The molecule has 0 aliphatic carbocycles. The Morgan fingerprint density at radius 2 is 1.83 bits per heavy atom. The Kier molecular flexibility index (Phi) is 10.9. The summed E-state index contributed by atoms with van der Waals surface area (Å²) in [6, 6.07) is 5.26. The minimum atomic E-state index is -5.84. The fourth-order valence-corrected chi connectivity index (χ4v) is 0.680. The lowest BCUT2D eigenvalue weighted by Gasteiger charge is -1.98. The van der Waals surface area contributed by atoms with E-state index in [-0.39, 0.29) is 17.7 Å². The first-order chi connectivity index (χ1) is 10.3. The second-order valence-corrected chi connectivity index (χ2v) is 5.11. The number of hydrogen-bond acceptors (Lipinski definition) is 5. The molecular weight excluding hydrogens is 367 g/mol. The summed E-state index contributed by atoms with van der Waals surface area (Å²) < 4.78 is 57.5. The Morgan fingerprint density at radius 3 is 2.09 bits per heavy atom. The smallest absolute Gasteiger partial charge is 0.370 e. The first kappa shape index (κ1) is 23.3. The van der Waals surface area contributed by atoms with Gasteiger partial charge in [0.05, 0.1) is 0 Å². The summed E-state index contributed by atoms with van der Waals surface area (Å²) in [6.45, 7) is 1.31. The van der Waals surface area contributed by atoms with Crippen molar-refractivity contribution in [1.29, 1.82) is 0 Å². The zero-order valence-corrected chi connectivity index (χ0v) is 13.1. The van der Waals surface area contributed by atoms with Gasteiger partial charge in [-0.1, -0.05) is 6.07 Å². The second kappa shape index (κ2) is 10.7. The minimum Gasteiger partial charge on any atom is -0.370 e. The van der Waals surface area contributed by atoms with Gasteiger partial charge in [0.1, 0.15) is 11.7 Å². The van der Waals surface area contributed by atoms with E-state index in [1.807, 2.05) is 0 Å². The molecule has 13 heteroatoms. The number of nitrogens with zero attached hydrogens (tertiary/aromatic N) is 1. The standard InChI is InChI=1S/C7H7ClN2O.C2H5NO.CHF3O3S/c8-5-7(11)10-6-3-1-2-4-9-6;1-2(3)4;2-1(3,4)8(5,6)7/h1-4H,5H2,(H,9,10,11);1H3,(H2,3,4);(H,5,6,7). The van der Waals surface area contributed by atoms with Crippen LogP contribution in [-0.2, 0) is 19.7 Å². The Labute approximate surface area is 134 Å². The quantitative estimate of drug-likeness (QED) is 0.400. The van der Waals surface area contributed by atoms with Crippen molar-refractivity contribution in [2.24, 2.45) is 5.73 Å². The van der Waals surface area contributed by atoms with Crippen molar-refractivity contribution in [2.75, 3.05) is 11.2 Å². The van der Waals surface area contributed by atoms with E-state index in [1.54, 1.807) is 24.4 Å². The molecular formula is C10H13ClF3N3O5S. The van der Waals surface area contributed by atoms with Crippen LogP contribution < -0.4 is 11.1 Å². The summed E-state index contributed by atoms with van der Waals surface area (Å²) in [7, 11) is -5.84. The van der Waals surface area contributed by atoms with E-state index in [0.717, 1.165) is 0 Å². The number of hydrogen-bond donors (Lipinski definition) is 3. The largest absolute Gasteiger partial charge is 0.522 e. The summed E-state index contributed by atoms with van der Waals surface area (Å²) in [5, 5.41) is 2.51. The molecule has 0 aliphatic rings. The van der Waals surface area contributed by atoms with Gasteiger partial charge in [-0.2, -0.15) is 21.6 Å². The molecule has 0 radical (unpaired) electrons. The number of nitrogens with two attached hydrogens (primary N) is 1. The highest BCUT2D eigenvalue weighted by molar-refractivity contribution is 7.86. The van der Waals surface area contributed by atoms with Crippen molar-refractivity contribution in [3.63, 3.8) is 0 Å². The van der Waals surface area contributed by atoms with Crippen LogP contribution in [0.2, 0.25) is 0 Å². The molecule has 1 aromatic rings. The van der Waals surface area contributed by atoms with E-state index >= 15 is 0 Å². The lowest BCUT2D eigenvalue weighted by atomic mass is 10.4. The molecule has 23 heavy (non-hydrogen) atoms. The second-order valence-electron chi connectivity index (χ2n) is 3.43. The van der Waals surface area contributed by atoms with Gasteiger partial charge in [0.25, 0.3) is 0 Å². The Bertz CT molecular complexity index is 592. The summed E-state index contributed by atoms with van der Waals surface area (Å²) in [5.74, 6) is -0.0974. The van der Waals surface area contributed by atoms with Crippen LogP contribution >= 0.6 is 11.6 Å². The topological polar surface area (TPSA) is 139 Å². The van der Waals surface area contributed by atoms with Gasteiger partial charge in [-0.3, -0.25) is 14.1 Å². The molecule has 0 aromatic carbocycles. The predicted molar refractivity (Wildman–Crippen MR) is 76.1 cm³/mol. The maximum absolute atomic E-state index is 10.7. The number of anilines is 1. The summed E-state index contributed by atoms with van der Waals surface area (Å²) in [5.41, 5.74) is -1.06. The highest BCUT2D eigenvalue weighted by Gasteiger charge is 2.44. The lowest BCUT2D eigenvalue weighted by molar-refractivity contribution is -0.116. The molecule has 0 saturated heterocycles.